The monoisotopic (exact) mass is 363 g/mol. The number of piperidine rings is 1. The summed E-state index contributed by atoms with van der Waals surface area (Å²) in [6.45, 7) is 6.70. The number of thiophene rings is 1. The van der Waals surface area contributed by atoms with Crippen molar-refractivity contribution >= 4 is 33.4 Å². The molecule has 0 aliphatic carbocycles. The lowest BCUT2D eigenvalue weighted by atomic mass is 9.99. The van der Waals surface area contributed by atoms with Gasteiger partial charge in [-0.15, -0.1) is 11.3 Å². The first kappa shape index (κ1) is 17.9. The average molecular weight is 363 g/mol. The zero-order valence-electron chi connectivity index (χ0n) is 15.0. The lowest BCUT2D eigenvalue weighted by molar-refractivity contribution is -0.123. The van der Waals surface area contributed by atoms with Crippen molar-refractivity contribution in [2.45, 2.75) is 51.7 Å². The summed E-state index contributed by atoms with van der Waals surface area (Å²) in [7, 11) is 1.86. The van der Waals surface area contributed by atoms with Gasteiger partial charge in [0.15, 0.2) is 0 Å². The highest BCUT2D eigenvalue weighted by Crippen LogP contribution is 2.27. The number of rotatable bonds is 4. The molecule has 2 aromatic rings. The Morgan fingerprint density at radius 1 is 1.48 bits per heavy atom. The summed E-state index contributed by atoms with van der Waals surface area (Å²) in [6, 6.07) is 1.62. The van der Waals surface area contributed by atoms with Gasteiger partial charge in [0.05, 0.1) is 10.6 Å². The number of nitrogens with one attached hydrogen (secondary N) is 3. The lowest BCUT2D eigenvalue weighted by Gasteiger charge is -2.31. The van der Waals surface area contributed by atoms with Gasteiger partial charge in [-0.25, -0.2) is 0 Å². The fourth-order valence-corrected chi connectivity index (χ4v) is 4.23. The van der Waals surface area contributed by atoms with Crippen molar-refractivity contribution in [1.82, 2.24) is 25.7 Å². The van der Waals surface area contributed by atoms with Crippen LogP contribution in [0.1, 0.15) is 42.1 Å². The third-order valence-corrected chi connectivity index (χ3v) is 5.95. The number of aryl methyl sites for hydroxylation is 2. The second-order valence-corrected chi connectivity index (χ2v) is 7.76. The van der Waals surface area contributed by atoms with Crippen molar-refractivity contribution < 1.29 is 9.59 Å². The fourth-order valence-electron chi connectivity index (χ4n) is 3.20. The van der Waals surface area contributed by atoms with Crippen LogP contribution in [0.3, 0.4) is 0 Å². The summed E-state index contributed by atoms with van der Waals surface area (Å²) in [5.74, 6) is -0.370. The molecule has 1 aliphatic heterocycles. The number of carbonyl (C=O) groups is 2. The summed E-state index contributed by atoms with van der Waals surface area (Å²) in [4.78, 5) is 26.4. The van der Waals surface area contributed by atoms with Crippen LogP contribution in [0.25, 0.3) is 10.2 Å². The summed E-state index contributed by atoms with van der Waals surface area (Å²) < 4.78 is 1.78. The molecule has 2 aromatic heterocycles. The summed E-state index contributed by atoms with van der Waals surface area (Å²) in [6.07, 6.45) is 2.01. The number of carbonyl (C=O) groups excluding carboxylic acids is 2. The second-order valence-electron chi connectivity index (χ2n) is 6.73. The largest absolute Gasteiger partial charge is 0.350 e. The zero-order chi connectivity index (χ0) is 18.1. The minimum atomic E-state index is -0.578. The van der Waals surface area contributed by atoms with Crippen LogP contribution in [-0.4, -0.2) is 46.3 Å². The van der Waals surface area contributed by atoms with E-state index in [-0.39, 0.29) is 23.9 Å². The Morgan fingerprint density at radius 2 is 2.24 bits per heavy atom. The molecule has 1 saturated heterocycles. The number of amides is 2. The van der Waals surface area contributed by atoms with Gasteiger partial charge in [-0.05, 0) is 46.2 Å². The Bertz CT molecular complexity index is 762. The van der Waals surface area contributed by atoms with Crippen molar-refractivity contribution in [3.05, 3.63) is 16.6 Å². The summed E-state index contributed by atoms with van der Waals surface area (Å²) >= 11 is 1.39. The molecule has 0 radical (unpaired) electrons. The molecule has 136 valence electrons. The third-order valence-electron chi connectivity index (χ3n) is 4.75. The van der Waals surface area contributed by atoms with E-state index in [2.05, 4.69) is 28.0 Å². The van der Waals surface area contributed by atoms with E-state index in [1.807, 2.05) is 20.0 Å². The maximum atomic E-state index is 12.5. The van der Waals surface area contributed by atoms with Crippen molar-refractivity contribution in [3.8, 4) is 0 Å². The van der Waals surface area contributed by atoms with E-state index in [1.54, 1.807) is 11.6 Å². The topological polar surface area (TPSA) is 88.0 Å². The SMILES string of the molecule is Cc1nn(C)c2sc(C(=O)NC(C)C(=O)NC3CCCNC3C)cc12. The molecular formula is C17H25N5O2S. The standard InChI is InChI=1S/C17H25N5O2S/c1-9-12-8-14(25-17(12)22(4)21-9)16(24)19-11(3)15(23)20-13-6-5-7-18-10(13)2/h8,10-11,13,18H,5-7H2,1-4H3,(H,19,24)(H,20,23). The predicted molar refractivity (Wildman–Crippen MR) is 98.9 cm³/mol. The van der Waals surface area contributed by atoms with Gasteiger partial charge < -0.3 is 16.0 Å². The van der Waals surface area contributed by atoms with Crippen LogP contribution >= 0.6 is 11.3 Å². The van der Waals surface area contributed by atoms with Gasteiger partial charge >= 0.3 is 0 Å². The zero-order valence-corrected chi connectivity index (χ0v) is 15.9. The number of aromatic nitrogens is 2. The van der Waals surface area contributed by atoms with Crippen LogP contribution < -0.4 is 16.0 Å². The molecule has 0 bridgehead atoms. The minimum Gasteiger partial charge on any atom is -0.350 e. The Labute approximate surface area is 151 Å². The van der Waals surface area contributed by atoms with Crippen molar-refractivity contribution in [1.29, 1.82) is 0 Å². The van der Waals surface area contributed by atoms with E-state index >= 15 is 0 Å². The number of nitrogens with zero attached hydrogens (tertiary/aromatic N) is 2. The first-order valence-corrected chi connectivity index (χ1v) is 9.46. The molecule has 3 N–H and O–H groups in total. The predicted octanol–water partition coefficient (Wildman–Crippen LogP) is 1.32. The molecule has 3 unspecified atom stereocenters. The molecule has 3 atom stereocenters. The van der Waals surface area contributed by atoms with Gasteiger partial charge in [0.1, 0.15) is 10.9 Å². The van der Waals surface area contributed by atoms with Crippen LogP contribution in [0.15, 0.2) is 6.07 Å². The molecule has 1 fully saturated rings. The van der Waals surface area contributed by atoms with Crippen LogP contribution in [0, 0.1) is 6.92 Å². The number of fused-ring (bicyclic) bond motifs is 1. The van der Waals surface area contributed by atoms with Gasteiger partial charge in [-0.1, -0.05) is 0 Å². The van der Waals surface area contributed by atoms with Crippen molar-refractivity contribution in [2.24, 2.45) is 7.05 Å². The smallest absolute Gasteiger partial charge is 0.262 e. The highest BCUT2D eigenvalue weighted by molar-refractivity contribution is 7.20. The molecule has 0 aromatic carbocycles. The van der Waals surface area contributed by atoms with E-state index < -0.39 is 6.04 Å². The third kappa shape index (κ3) is 3.69. The molecule has 8 heteroatoms. The maximum Gasteiger partial charge on any atom is 0.262 e. The Morgan fingerprint density at radius 3 is 2.92 bits per heavy atom. The molecule has 7 nitrogen and oxygen atoms in total. The number of hydrogen-bond acceptors (Lipinski definition) is 5. The van der Waals surface area contributed by atoms with E-state index in [9.17, 15) is 9.59 Å². The molecule has 1 aliphatic rings. The van der Waals surface area contributed by atoms with Crippen LogP contribution in [-0.2, 0) is 11.8 Å². The van der Waals surface area contributed by atoms with E-state index in [4.69, 9.17) is 0 Å². The second kappa shape index (κ2) is 7.13. The van der Waals surface area contributed by atoms with Crippen LogP contribution in [0.5, 0.6) is 0 Å². The molecule has 3 rings (SSSR count). The van der Waals surface area contributed by atoms with Crippen LogP contribution in [0.2, 0.25) is 0 Å². The van der Waals surface area contributed by atoms with Crippen molar-refractivity contribution in [2.75, 3.05) is 6.54 Å². The first-order valence-electron chi connectivity index (χ1n) is 8.64. The first-order chi connectivity index (χ1) is 11.9. The van der Waals surface area contributed by atoms with Gasteiger partial charge in [-0.3, -0.25) is 14.3 Å². The van der Waals surface area contributed by atoms with Crippen LogP contribution in [0.4, 0.5) is 0 Å². The normalized spacial score (nSPS) is 21.9. The number of hydrogen-bond donors (Lipinski definition) is 3. The summed E-state index contributed by atoms with van der Waals surface area (Å²) in [5, 5.41) is 14.5. The average Bonchev–Trinajstić information content (AvgIpc) is 3.11. The van der Waals surface area contributed by atoms with E-state index in [0.29, 0.717) is 4.88 Å². The Hall–Kier alpha value is -1.93. The molecule has 3 heterocycles. The highest BCUT2D eigenvalue weighted by Gasteiger charge is 2.26. The van der Waals surface area contributed by atoms with Gasteiger partial charge in [0.25, 0.3) is 5.91 Å². The van der Waals surface area contributed by atoms with E-state index in [1.165, 1.54) is 11.3 Å². The molecule has 0 spiro atoms. The highest BCUT2D eigenvalue weighted by atomic mass is 32.1. The van der Waals surface area contributed by atoms with Crippen molar-refractivity contribution in [3.63, 3.8) is 0 Å². The lowest BCUT2D eigenvalue weighted by Crippen LogP contribution is -2.55. The van der Waals surface area contributed by atoms with E-state index in [0.717, 1.165) is 35.3 Å². The Balaban J connectivity index is 1.62. The molecule has 25 heavy (non-hydrogen) atoms. The van der Waals surface area contributed by atoms with Gasteiger partial charge in [0, 0.05) is 24.5 Å². The summed E-state index contributed by atoms with van der Waals surface area (Å²) in [5.41, 5.74) is 0.900. The van der Waals surface area contributed by atoms with Gasteiger partial charge in [-0.2, -0.15) is 5.10 Å². The molecule has 2 amide bonds. The van der Waals surface area contributed by atoms with Gasteiger partial charge in [0.2, 0.25) is 5.91 Å². The quantitative estimate of drug-likeness (QED) is 0.764. The maximum absolute atomic E-state index is 12.5. The minimum absolute atomic E-state index is 0.110. The fraction of sp³-hybridized carbons (Fsp3) is 0.588. The molecule has 0 saturated carbocycles. The molecular weight excluding hydrogens is 338 g/mol. The Kier molecular flexibility index (Phi) is 5.10.